The zero-order chi connectivity index (χ0) is 11.4. The van der Waals surface area contributed by atoms with Crippen LogP contribution in [0, 0.1) is 0 Å². The van der Waals surface area contributed by atoms with E-state index >= 15 is 0 Å². The maximum atomic E-state index is 5.98. The van der Waals surface area contributed by atoms with Crippen LogP contribution in [0.1, 0.15) is 44.2 Å². The number of rotatable bonds is 5. The van der Waals surface area contributed by atoms with E-state index in [1.807, 2.05) is 13.0 Å². The zero-order valence-corrected chi connectivity index (χ0v) is 9.74. The van der Waals surface area contributed by atoms with Gasteiger partial charge in [-0.25, -0.2) is 5.43 Å². The van der Waals surface area contributed by atoms with Crippen LogP contribution in [0.3, 0.4) is 0 Å². The van der Waals surface area contributed by atoms with Crippen molar-refractivity contribution in [3.63, 3.8) is 0 Å². The highest BCUT2D eigenvalue weighted by Gasteiger charge is 2.42. The number of ether oxygens (including phenoxy) is 1. The highest BCUT2D eigenvalue weighted by molar-refractivity contribution is 5.17. The first kappa shape index (κ1) is 11.6. The van der Waals surface area contributed by atoms with Crippen molar-refractivity contribution >= 4 is 0 Å². The van der Waals surface area contributed by atoms with E-state index in [1.54, 1.807) is 12.5 Å². The van der Waals surface area contributed by atoms with Gasteiger partial charge in [0, 0.05) is 12.2 Å². The molecule has 0 spiro atoms. The topological polar surface area (TPSA) is 60.4 Å². The first-order valence-corrected chi connectivity index (χ1v) is 5.94. The standard InChI is InChI=1S/C12H20N2O2/c1-2-16-12(6-3-4-7-12)11(14-13)10-5-8-15-9-10/h5,8-9,11,14H,2-4,6-7,13H2,1H3. The Kier molecular flexibility index (Phi) is 3.63. The normalized spacial score (nSPS) is 21.1. The monoisotopic (exact) mass is 224 g/mol. The van der Waals surface area contributed by atoms with Crippen LogP contribution < -0.4 is 11.3 Å². The molecule has 1 aliphatic carbocycles. The molecule has 1 aliphatic rings. The SMILES string of the molecule is CCOC1(C(NN)c2ccoc2)CCCC1. The van der Waals surface area contributed by atoms with Gasteiger partial charge in [0.2, 0.25) is 0 Å². The van der Waals surface area contributed by atoms with Crippen LogP contribution in [0.25, 0.3) is 0 Å². The number of hydrazine groups is 1. The predicted octanol–water partition coefficient (Wildman–Crippen LogP) is 2.13. The lowest BCUT2D eigenvalue weighted by molar-refractivity contribution is -0.0628. The van der Waals surface area contributed by atoms with Crippen LogP contribution in [0.2, 0.25) is 0 Å². The highest BCUT2D eigenvalue weighted by atomic mass is 16.5. The summed E-state index contributed by atoms with van der Waals surface area (Å²) in [4.78, 5) is 0. The van der Waals surface area contributed by atoms with E-state index in [0.717, 1.165) is 25.0 Å². The molecule has 0 radical (unpaired) electrons. The summed E-state index contributed by atoms with van der Waals surface area (Å²) in [5, 5.41) is 0. The van der Waals surface area contributed by atoms with Crippen molar-refractivity contribution in [3.8, 4) is 0 Å². The maximum Gasteiger partial charge on any atom is 0.0952 e. The number of furan rings is 1. The van der Waals surface area contributed by atoms with Gasteiger partial charge in [0.05, 0.1) is 24.2 Å². The van der Waals surface area contributed by atoms with Gasteiger partial charge in [0.15, 0.2) is 0 Å². The molecule has 1 fully saturated rings. The lowest BCUT2D eigenvalue weighted by Crippen LogP contribution is -2.46. The van der Waals surface area contributed by atoms with E-state index in [9.17, 15) is 0 Å². The number of nitrogens with one attached hydrogen (secondary N) is 1. The molecule has 1 aromatic rings. The number of nitrogens with two attached hydrogens (primary N) is 1. The second-order valence-corrected chi connectivity index (χ2v) is 4.36. The first-order valence-electron chi connectivity index (χ1n) is 5.94. The molecule has 16 heavy (non-hydrogen) atoms. The Labute approximate surface area is 96.1 Å². The average molecular weight is 224 g/mol. The van der Waals surface area contributed by atoms with Gasteiger partial charge in [0.25, 0.3) is 0 Å². The molecule has 1 heterocycles. The van der Waals surface area contributed by atoms with Crippen LogP contribution >= 0.6 is 0 Å². The van der Waals surface area contributed by atoms with Crippen molar-refractivity contribution in [2.75, 3.05) is 6.61 Å². The minimum Gasteiger partial charge on any atom is -0.472 e. The molecule has 4 heteroatoms. The van der Waals surface area contributed by atoms with E-state index in [4.69, 9.17) is 15.0 Å². The summed E-state index contributed by atoms with van der Waals surface area (Å²) in [7, 11) is 0. The molecule has 0 bridgehead atoms. The Morgan fingerprint density at radius 2 is 2.31 bits per heavy atom. The molecular weight excluding hydrogens is 204 g/mol. The van der Waals surface area contributed by atoms with Gasteiger partial charge in [-0.15, -0.1) is 0 Å². The molecule has 1 unspecified atom stereocenters. The summed E-state index contributed by atoms with van der Waals surface area (Å²) in [5.41, 5.74) is 3.80. The van der Waals surface area contributed by atoms with Crippen molar-refractivity contribution in [1.29, 1.82) is 0 Å². The molecule has 0 amide bonds. The van der Waals surface area contributed by atoms with Crippen LogP contribution in [-0.2, 0) is 4.74 Å². The molecule has 3 N–H and O–H groups in total. The fourth-order valence-corrected chi connectivity index (χ4v) is 2.77. The first-order chi connectivity index (χ1) is 7.82. The lowest BCUT2D eigenvalue weighted by Gasteiger charge is -2.36. The molecule has 4 nitrogen and oxygen atoms in total. The molecule has 0 saturated heterocycles. The van der Waals surface area contributed by atoms with Gasteiger partial charge < -0.3 is 9.15 Å². The highest BCUT2D eigenvalue weighted by Crippen LogP contribution is 2.42. The number of hydrogen-bond acceptors (Lipinski definition) is 4. The molecule has 1 saturated carbocycles. The molecule has 0 aliphatic heterocycles. The van der Waals surface area contributed by atoms with E-state index in [0.29, 0.717) is 0 Å². The smallest absolute Gasteiger partial charge is 0.0952 e. The summed E-state index contributed by atoms with van der Waals surface area (Å²) in [6.07, 6.45) is 7.94. The fourth-order valence-electron chi connectivity index (χ4n) is 2.77. The van der Waals surface area contributed by atoms with Crippen molar-refractivity contribution in [3.05, 3.63) is 24.2 Å². The molecule has 1 aromatic heterocycles. The van der Waals surface area contributed by atoms with Crippen LogP contribution in [0.15, 0.2) is 23.0 Å². The second-order valence-electron chi connectivity index (χ2n) is 4.36. The van der Waals surface area contributed by atoms with E-state index in [-0.39, 0.29) is 11.6 Å². The molecule has 2 rings (SSSR count). The predicted molar refractivity (Wildman–Crippen MR) is 61.6 cm³/mol. The van der Waals surface area contributed by atoms with Gasteiger partial charge in [0.1, 0.15) is 0 Å². The molecule has 0 aromatic carbocycles. The maximum absolute atomic E-state index is 5.98. The largest absolute Gasteiger partial charge is 0.472 e. The summed E-state index contributed by atoms with van der Waals surface area (Å²) in [5.74, 6) is 5.69. The molecular formula is C12H20N2O2. The summed E-state index contributed by atoms with van der Waals surface area (Å²) in [6, 6.07) is 1.97. The Hall–Kier alpha value is -0.840. The van der Waals surface area contributed by atoms with Crippen LogP contribution in [0.4, 0.5) is 0 Å². The minimum atomic E-state index is -0.159. The van der Waals surface area contributed by atoms with Crippen LogP contribution in [0.5, 0.6) is 0 Å². The summed E-state index contributed by atoms with van der Waals surface area (Å²) < 4.78 is 11.1. The van der Waals surface area contributed by atoms with Crippen molar-refractivity contribution in [1.82, 2.24) is 5.43 Å². The second kappa shape index (κ2) is 4.99. The lowest BCUT2D eigenvalue weighted by atomic mass is 9.88. The van der Waals surface area contributed by atoms with Crippen LogP contribution in [-0.4, -0.2) is 12.2 Å². The number of hydrogen-bond donors (Lipinski definition) is 2. The molecule has 90 valence electrons. The third kappa shape index (κ3) is 2.00. The third-order valence-corrected chi connectivity index (χ3v) is 3.45. The van der Waals surface area contributed by atoms with Crippen molar-refractivity contribution < 1.29 is 9.15 Å². The Balaban J connectivity index is 2.23. The Bertz CT molecular complexity index is 305. The van der Waals surface area contributed by atoms with E-state index in [1.165, 1.54) is 12.8 Å². The summed E-state index contributed by atoms with van der Waals surface area (Å²) >= 11 is 0. The van der Waals surface area contributed by atoms with Gasteiger partial charge in [-0.1, -0.05) is 12.8 Å². The Morgan fingerprint density at radius 3 is 2.81 bits per heavy atom. The minimum absolute atomic E-state index is 0.0219. The summed E-state index contributed by atoms with van der Waals surface area (Å²) in [6.45, 7) is 2.75. The fraction of sp³-hybridized carbons (Fsp3) is 0.667. The zero-order valence-electron chi connectivity index (χ0n) is 9.74. The average Bonchev–Trinajstić information content (AvgIpc) is 2.92. The van der Waals surface area contributed by atoms with Crippen molar-refractivity contribution in [2.45, 2.75) is 44.2 Å². The van der Waals surface area contributed by atoms with Gasteiger partial charge in [-0.05, 0) is 25.8 Å². The third-order valence-electron chi connectivity index (χ3n) is 3.45. The Morgan fingerprint density at radius 1 is 1.56 bits per heavy atom. The van der Waals surface area contributed by atoms with E-state index in [2.05, 4.69) is 5.43 Å². The molecule has 1 atom stereocenters. The quantitative estimate of drug-likeness (QED) is 0.594. The van der Waals surface area contributed by atoms with Crippen molar-refractivity contribution in [2.24, 2.45) is 5.84 Å². The van der Waals surface area contributed by atoms with Gasteiger partial charge in [-0.2, -0.15) is 0 Å². The van der Waals surface area contributed by atoms with E-state index < -0.39 is 0 Å². The van der Waals surface area contributed by atoms with Gasteiger partial charge >= 0.3 is 0 Å². The van der Waals surface area contributed by atoms with Gasteiger partial charge in [-0.3, -0.25) is 5.84 Å².